The summed E-state index contributed by atoms with van der Waals surface area (Å²) < 4.78 is 1.36. The third-order valence-corrected chi connectivity index (χ3v) is 5.15. The number of pyridine rings is 1. The number of fused-ring (bicyclic) bond motifs is 1. The summed E-state index contributed by atoms with van der Waals surface area (Å²) in [6.45, 7) is 6.75. The molecule has 0 N–H and O–H groups in total. The smallest absolute Gasteiger partial charge is 0.268 e. The van der Waals surface area contributed by atoms with Gasteiger partial charge in [0.1, 0.15) is 0 Å². The van der Waals surface area contributed by atoms with Crippen molar-refractivity contribution in [2.45, 2.75) is 13.5 Å². The monoisotopic (exact) mass is 349 g/mol. The first-order chi connectivity index (χ1) is 12.6. The molecule has 0 atom stereocenters. The Bertz CT molecular complexity index is 989. The molecule has 0 saturated carbocycles. The highest BCUT2D eigenvalue weighted by molar-refractivity contribution is 5.84. The zero-order valence-corrected chi connectivity index (χ0v) is 15.2. The Morgan fingerprint density at radius 2 is 1.92 bits per heavy atom. The first kappa shape index (κ1) is 16.7. The Morgan fingerprint density at radius 1 is 1.12 bits per heavy atom. The number of rotatable bonds is 3. The molecule has 3 aromatic rings. The molecular formula is C20H23N5O. The summed E-state index contributed by atoms with van der Waals surface area (Å²) in [4.78, 5) is 21.0. The van der Waals surface area contributed by atoms with Crippen LogP contribution in [0.5, 0.6) is 0 Å². The minimum atomic E-state index is -0.0662. The first-order valence-electron chi connectivity index (χ1n) is 8.96. The van der Waals surface area contributed by atoms with Gasteiger partial charge in [0.2, 0.25) is 0 Å². The summed E-state index contributed by atoms with van der Waals surface area (Å²) in [6, 6.07) is 10.2. The Balaban J connectivity index is 1.47. The van der Waals surface area contributed by atoms with Crippen molar-refractivity contribution in [2.75, 3.05) is 31.1 Å². The molecule has 1 aromatic carbocycles. The molecule has 0 amide bonds. The van der Waals surface area contributed by atoms with Crippen molar-refractivity contribution in [1.82, 2.24) is 19.7 Å². The molecule has 4 rings (SSSR count). The van der Waals surface area contributed by atoms with Crippen LogP contribution in [0.25, 0.3) is 10.9 Å². The van der Waals surface area contributed by atoms with Crippen LogP contribution in [0.2, 0.25) is 0 Å². The maximum atomic E-state index is 11.8. The van der Waals surface area contributed by atoms with Crippen LogP contribution in [0.3, 0.4) is 0 Å². The zero-order chi connectivity index (χ0) is 18.1. The van der Waals surface area contributed by atoms with Gasteiger partial charge < -0.3 is 4.90 Å². The van der Waals surface area contributed by atoms with Crippen molar-refractivity contribution in [3.05, 3.63) is 64.2 Å². The van der Waals surface area contributed by atoms with Gasteiger partial charge in [0.15, 0.2) is 0 Å². The van der Waals surface area contributed by atoms with Crippen molar-refractivity contribution in [3.8, 4) is 0 Å². The Hall–Kier alpha value is -2.73. The van der Waals surface area contributed by atoms with Crippen LogP contribution in [0, 0.1) is 6.92 Å². The van der Waals surface area contributed by atoms with E-state index < -0.39 is 0 Å². The van der Waals surface area contributed by atoms with Gasteiger partial charge in [-0.15, -0.1) is 0 Å². The van der Waals surface area contributed by atoms with E-state index >= 15 is 0 Å². The van der Waals surface area contributed by atoms with Crippen molar-refractivity contribution in [1.29, 1.82) is 0 Å². The molecule has 0 bridgehead atoms. The van der Waals surface area contributed by atoms with Crippen LogP contribution in [-0.2, 0) is 13.6 Å². The molecule has 2 aromatic heterocycles. The van der Waals surface area contributed by atoms with E-state index in [0.29, 0.717) is 0 Å². The van der Waals surface area contributed by atoms with E-state index in [-0.39, 0.29) is 5.56 Å². The van der Waals surface area contributed by atoms with Crippen LogP contribution < -0.4 is 10.5 Å². The van der Waals surface area contributed by atoms with Crippen LogP contribution in [0.1, 0.15) is 11.1 Å². The standard InChI is InChI=1S/C20H23N5O/c1-15-5-6-16(18-4-3-7-21-20(15)18)14-24-8-10-25(11-9-24)17-12-19(26)23(2)22-13-17/h3-7,12-13H,8-11,14H2,1-2H3. The summed E-state index contributed by atoms with van der Waals surface area (Å²) in [5.74, 6) is 0. The van der Waals surface area contributed by atoms with Gasteiger partial charge in [-0.1, -0.05) is 18.2 Å². The molecular weight excluding hydrogens is 326 g/mol. The second kappa shape index (κ2) is 6.88. The second-order valence-electron chi connectivity index (χ2n) is 6.88. The highest BCUT2D eigenvalue weighted by atomic mass is 16.1. The second-order valence-corrected chi connectivity index (χ2v) is 6.88. The molecule has 0 radical (unpaired) electrons. The number of hydrogen-bond donors (Lipinski definition) is 0. The molecule has 0 spiro atoms. The van der Waals surface area contributed by atoms with Crippen LogP contribution >= 0.6 is 0 Å². The molecule has 1 saturated heterocycles. The Labute approximate surface area is 152 Å². The molecule has 1 fully saturated rings. The van der Waals surface area contributed by atoms with Gasteiger partial charge in [-0.25, -0.2) is 4.68 Å². The Morgan fingerprint density at radius 3 is 2.69 bits per heavy atom. The minimum absolute atomic E-state index is 0.0662. The quantitative estimate of drug-likeness (QED) is 0.723. The summed E-state index contributed by atoms with van der Waals surface area (Å²) >= 11 is 0. The van der Waals surface area contributed by atoms with Crippen molar-refractivity contribution in [2.24, 2.45) is 7.05 Å². The van der Waals surface area contributed by atoms with Gasteiger partial charge in [0.25, 0.3) is 5.56 Å². The molecule has 1 aliphatic rings. The predicted octanol–water partition coefficient (Wildman–Crippen LogP) is 1.96. The van der Waals surface area contributed by atoms with Gasteiger partial charge in [-0.2, -0.15) is 5.10 Å². The third-order valence-electron chi connectivity index (χ3n) is 5.15. The summed E-state index contributed by atoms with van der Waals surface area (Å²) in [5, 5.41) is 5.37. The number of hydrogen-bond acceptors (Lipinski definition) is 5. The highest BCUT2D eigenvalue weighted by Crippen LogP contribution is 2.22. The van der Waals surface area contributed by atoms with E-state index in [1.807, 2.05) is 12.3 Å². The molecule has 3 heterocycles. The predicted molar refractivity (Wildman–Crippen MR) is 103 cm³/mol. The Kier molecular flexibility index (Phi) is 4.42. The highest BCUT2D eigenvalue weighted by Gasteiger charge is 2.19. The fourth-order valence-electron chi connectivity index (χ4n) is 3.55. The minimum Gasteiger partial charge on any atom is -0.368 e. The van der Waals surface area contributed by atoms with E-state index in [2.05, 4.69) is 45.0 Å². The summed E-state index contributed by atoms with van der Waals surface area (Å²) in [6.07, 6.45) is 3.63. The molecule has 1 aliphatic heterocycles. The number of aromatic nitrogens is 3. The number of piperazine rings is 1. The molecule has 0 aliphatic carbocycles. The normalized spacial score (nSPS) is 15.5. The lowest BCUT2D eigenvalue weighted by Gasteiger charge is -2.36. The number of anilines is 1. The van der Waals surface area contributed by atoms with Crippen molar-refractivity contribution < 1.29 is 0 Å². The molecule has 6 nitrogen and oxygen atoms in total. The van der Waals surface area contributed by atoms with Crippen LogP contribution in [0.15, 0.2) is 47.5 Å². The zero-order valence-electron chi connectivity index (χ0n) is 15.2. The van der Waals surface area contributed by atoms with Gasteiger partial charge in [0.05, 0.1) is 17.4 Å². The first-order valence-corrected chi connectivity index (χ1v) is 8.96. The fraction of sp³-hybridized carbons (Fsp3) is 0.350. The van der Waals surface area contributed by atoms with Gasteiger partial charge in [-0.05, 0) is 24.1 Å². The molecule has 0 unspecified atom stereocenters. The maximum Gasteiger partial charge on any atom is 0.268 e. The third kappa shape index (κ3) is 3.20. The fourth-order valence-corrected chi connectivity index (χ4v) is 3.55. The van der Waals surface area contributed by atoms with Crippen molar-refractivity contribution >= 4 is 16.6 Å². The van der Waals surface area contributed by atoms with Crippen LogP contribution in [0.4, 0.5) is 5.69 Å². The summed E-state index contributed by atoms with van der Waals surface area (Å²) in [5.41, 5.74) is 4.48. The maximum absolute atomic E-state index is 11.8. The van der Waals surface area contributed by atoms with E-state index in [4.69, 9.17) is 0 Å². The van der Waals surface area contributed by atoms with E-state index in [1.165, 1.54) is 21.2 Å². The van der Waals surface area contributed by atoms with Gasteiger partial charge >= 0.3 is 0 Å². The average molecular weight is 349 g/mol. The van der Waals surface area contributed by atoms with Gasteiger partial charge in [-0.3, -0.25) is 14.7 Å². The van der Waals surface area contributed by atoms with Crippen LogP contribution in [-0.4, -0.2) is 45.8 Å². The SMILES string of the molecule is Cc1ccc(CN2CCN(c3cnn(C)c(=O)c3)CC2)c2cccnc12. The number of nitrogens with zero attached hydrogens (tertiary/aromatic N) is 5. The molecule has 26 heavy (non-hydrogen) atoms. The van der Waals surface area contributed by atoms with Crippen molar-refractivity contribution in [3.63, 3.8) is 0 Å². The topological polar surface area (TPSA) is 54.3 Å². The lowest BCUT2D eigenvalue weighted by atomic mass is 10.0. The van der Waals surface area contributed by atoms with E-state index in [9.17, 15) is 4.79 Å². The van der Waals surface area contributed by atoms with E-state index in [0.717, 1.165) is 43.9 Å². The van der Waals surface area contributed by atoms with Gasteiger partial charge in [0, 0.05) is 57.4 Å². The molecule has 6 heteroatoms. The lowest BCUT2D eigenvalue weighted by Crippen LogP contribution is -2.46. The molecule has 134 valence electrons. The largest absolute Gasteiger partial charge is 0.368 e. The number of benzene rings is 1. The number of aryl methyl sites for hydroxylation is 2. The summed E-state index contributed by atoms with van der Waals surface area (Å²) in [7, 11) is 1.67. The lowest BCUT2D eigenvalue weighted by molar-refractivity contribution is 0.250. The average Bonchev–Trinajstić information content (AvgIpc) is 2.67. The van der Waals surface area contributed by atoms with E-state index in [1.54, 1.807) is 19.3 Å².